The summed E-state index contributed by atoms with van der Waals surface area (Å²) in [5.74, 6) is 0. The molecule has 1 aromatic heterocycles. The first-order chi connectivity index (χ1) is 11.2. The Morgan fingerprint density at radius 3 is 2.00 bits per heavy atom. The zero-order valence-electron chi connectivity index (χ0n) is 17.1. The molecule has 0 atom stereocenters. The molecule has 0 saturated carbocycles. The summed E-state index contributed by atoms with van der Waals surface area (Å²) in [5.41, 5.74) is 7.31. The van der Waals surface area contributed by atoms with Crippen molar-refractivity contribution in [3.63, 3.8) is 0 Å². The number of H-pyrrole nitrogens is 1. The van der Waals surface area contributed by atoms with Crippen LogP contribution < -0.4 is 24.8 Å². The van der Waals surface area contributed by atoms with Crippen LogP contribution in [0.25, 0.3) is 10.9 Å². The van der Waals surface area contributed by atoms with Crippen molar-refractivity contribution in [3.05, 3.63) is 64.8 Å². The minimum atomic E-state index is 0. The van der Waals surface area contributed by atoms with E-state index in [0.29, 0.717) is 0 Å². The average molecular weight is 438 g/mol. The maximum Gasteiger partial charge on any atom is 4.00 e. The Morgan fingerprint density at radius 1 is 0.926 bits per heavy atom. The molecule has 0 bridgehead atoms. The average Bonchev–Trinajstić information content (AvgIpc) is 3.01. The van der Waals surface area contributed by atoms with Gasteiger partial charge in [-0.05, 0) is 10.8 Å². The molecule has 2 aromatic carbocycles. The van der Waals surface area contributed by atoms with Gasteiger partial charge in [-0.15, -0.1) is 28.7 Å². The van der Waals surface area contributed by atoms with Crippen molar-refractivity contribution in [2.75, 3.05) is 0 Å². The molecule has 0 spiro atoms. The van der Waals surface area contributed by atoms with Gasteiger partial charge >= 0.3 is 21.7 Å². The van der Waals surface area contributed by atoms with E-state index in [4.69, 9.17) is 0 Å². The van der Waals surface area contributed by atoms with Gasteiger partial charge in [0.15, 0.2) is 0 Å². The molecule has 1 heterocycles. The first-order valence-corrected chi connectivity index (χ1v) is 8.95. The fourth-order valence-electron chi connectivity index (χ4n) is 3.38. The number of hydrogen-bond donors (Lipinski definition) is 1. The number of halogens is 2. The molecule has 3 aromatic rings. The van der Waals surface area contributed by atoms with E-state index in [0.717, 1.165) is 0 Å². The van der Waals surface area contributed by atoms with E-state index in [2.05, 4.69) is 89.1 Å². The predicted octanol–water partition coefficient (Wildman–Crippen LogP) is 0.0727. The summed E-state index contributed by atoms with van der Waals surface area (Å²) < 4.78 is 0. The van der Waals surface area contributed by atoms with E-state index in [1.807, 2.05) is 0 Å². The van der Waals surface area contributed by atoms with E-state index in [9.17, 15) is 0 Å². The molecule has 0 amide bonds. The molecule has 4 heteroatoms. The van der Waals surface area contributed by atoms with E-state index in [1.54, 1.807) is 11.1 Å². The van der Waals surface area contributed by atoms with Crippen molar-refractivity contribution in [2.24, 2.45) is 0 Å². The van der Waals surface area contributed by atoms with Crippen LogP contribution in [0.3, 0.4) is 0 Å². The summed E-state index contributed by atoms with van der Waals surface area (Å²) in [6, 6.07) is 13.0. The molecule has 0 radical (unpaired) electrons. The maximum atomic E-state index is 3.34. The first-order valence-electron chi connectivity index (χ1n) is 8.95. The Bertz CT molecular complexity index is 829. The van der Waals surface area contributed by atoms with Crippen LogP contribution in [0.4, 0.5) is 0 Å². The Morgan fingerprint density at radius 2 is 1.59 bits per heavy atom. The number of aromatic nitrogens is 1. The van der Waals surface area contributed by atoms with Crippen molar-refractivity contribution in [1.29, 1.82) is 0 Å². The van der Waals surface area contributed by atoms with Gasteiger partial charge in [0.2, 0.25) is 0 Å². The van der Waals surface area contributed by atoms with Crippen LogP contribution in [-0.4, -0.2) is 4.98 Å². The molecule has 144 valence electrons. The minimum Gasteiger partial charge on any atom is -1.00 e. The van der Waals surface area contributed by atoms with Crippen LogP contribution in [0.2, 0.25) is 0 Å². The van der Waals surface area contributed by atoms with Crippen LogP contribution in [0, 0.1) is 6.20 Å². The Hall–Kier alpha value is -0.596. The molecular formula is C23H29Cl2NTi. The van der Waals surface area contributed by atoms with Gasteiger partial charge in [-0.2, -0.15) is 17.2 Å². The van der Waals surface area contributed by atoms with Gasteiger partial charge < -0.3 is 29.8 Å². The Labute approximate surface area is 191 Å². The maximum absolute atomic E-state index is 3.34. The van der Waals surface area contributed by atoms with Gasteiger partial charge in [-0.25, -0.2) is 12.1 Å². The summed E-state index contributed by atoms with van der Waals surface area (Å²) in [6.45, 7) is 13.5. The molecule has 1 nitrogen and oxygen atoms in total. The van der Waals surface area contributed by atoms with E-state index >= 15 is 0 Å². The summed E-state index contributed by atoms with van der Waals surface area (Å²) in [7, 11) is 0. The summed E-state index contributed by atoms with van der Waals surface area (Å²) in [6.07, 6.45) is 5.98. The topological polar surface area (TPSA) is 15.8 Å². The van der Waals surface area contributed by atoms with Gasteiger partial charge in [-0.3, -0.25) is 0 Å². The third kappa shape index (κ3) is 5.70. The standard InChI is InChI=1S/C16H22N.C7H7.2ClH.Ti/c1-15(2,3)11-8-7-9-13-14(11)12(10-17-13)16(4,5)6;1-2-6-4-5-7(6)3-1;;;/h7-9,17H,1-6H3;1-3H,4-5H2;2*1H;/q2*-1;;;+4/p-2. The summed E-state index contributed by atoms with van der Waals surface area (Å²) in [4.78, 5) is 3.28. The second kappa shape index (κ2) is 9.74. The van der Waals surface area contributed by atoms with Gasteiger partial charge in [0, 0.05) is 0 Å². The number of aromatic amines is 1. The minimum absolute atomic E-state index is 0. The van der Waals surface area contributed by atoms with Crippen molar-refractivity contribution < 1.29 is 46.5 Å². The van der Waals surface area contributed by atoms with Crippen LogP contribution in [0.5, 0.6) is 0 Å². The Balaban J connectivity index is 0.000000572. The molecule has 27 heavy (non-hydrogen) atoms. The quantitative estimate of drug-likeness (QED) is 0.378. The Kier molecular flexibility index (Phi) is 9.53. The molecule has 1 aliphatic rings. The molecule has 4 rings (SSSR count). The molecule has 0 fully saturated rings. The van der Waals surface area contributed by atoms with E-state index in [-0.39, 0.29) is 57.4 Å². The summed E-state index contributed by atoms with van der Waals surface area (Å²) >= 11 is 0. The summed E-state index contributed by atoms with van der Waals surface area (Å²) in [5, 5.41) is 1.35. The van der Waals surface area contributed by atoms with E-state index in [1.165, 1.54) is 34.9 Å². The van der Waals surface area contributed by atoms with Crippen molar-refractivity contribution in [3.8, 4) is 0 Å². The SMILES string of the molecule is CC(C)(C)c1[c-][nH]c2cccc(C(C)(C)C)c12.[Cl-].[Cl-].[Ti+4].c1cc2[c-](c1)CC2. The van der Waals surface area contributed by atoms with Gasteiger partial charge in [0.25, 0.3) is 0 Å². The number of fused-ring (bicyclic) bond motifs is 2. The van der Waals surface area contributed by atoms with Crippen molar-refractivity contribution in [2.45, 2.75) is 65.2 Å². The number of aryl methyl sites for hydroxylation is 2. The van der Waals surface area contributed by atoms with Crippen LogP contribution in [-0.2, 0) is 45.4 Å². The molecule has 0 saturated heterocycles. The van der Waals surface area contributed by atoms with Crippen molar-refractivity contribution >= 4 is 10.9 Å². The predicted molar refractivity (Wildman–Crippen MR) is 104 cm³/mol. The fourth-order valence-corrected chi connectivity index (χ4v) is 3.38. The number of benzene rings is 1. The second-order valence-electron chi connectivity index (χ2n) is 8.93. The second-order valence-corrected chi connectivity index (χ2v) is 8.93. The zero-order chi connectivity index (χ0) is 17.5. The number of hydrogen-bond acceptors (Lipinski definition) is 0. The number of rotatable bonds is 0. The normalized spacial score (nSPS) is 12.4. The molecule has 1 N–H and O–H groups in total. The zero-order valence-corrected chi connectivity index (χ0v) is 20.2. The number of nitrogens with one attached hydrogen (secondary N) is 1. The smallest absolute Gasteiger partial charge is 1.00 e. The molecule has 1 aliphatic carbocycles. The van der Waals surface area contributed by atoms with Gasteiger partial charge in [-0.1, -0.05) is 72.1 Å². The van der Waals surface area contributed by atoms with Crippen LogP contribution in [0.1, 0.15) is 63.8 Å². The van der Waals surface area contributed by atoms with Gasteiger partial charge in [0.05, 0.1) is 0 Å². The largest absolute Gasteiger partial charge is 4.00 e. The molecule has 0 aliphatic heterocycles. The molecular weight excluding hydrogens is 409 g/mol. The van der Waals surface area contributed by atoms with Crippen molar-refractivity contribution in [1.82, 2.24) is 4.98 Å². The van der Waals surface area contributed by atoms with E-state index < -0.39 is 0 Å². The first kappa shape index (κ1) is 26.4. The monoisotopic (exact) mass is 437 g/mol. The third-order valence-electron chi connectivity index (χ3n) is 4.87. The third-order valence-corrected chi connectivity index (χ3v) is 4.87. The fraction of sp³-hybridized carbons (Fsp3) is 0.435. The van der Waals surface area contributed by atoms with Crippen LogP contribution in [0.15, 0.2) is 36.4 Å². The van der Waals surface area contributed by atoms with Crippen LogP contribution >= 0.6 is 0 Å². The molecule has 0 unspecified atom stereocenters. The van der Waals surface area contributed by atoms with Gasteiger partial charge in [0.1, 0.15) is 0 Å².